The zero-order chi connectivity index (χ0) is 14.9. The quantitative estimate of drug-likeness (QED) is 0.791. The number of rotatable bonds is 2. The molecule has 5 rings (SSSR count). The zero-order valence-electron chi connectivity index (χ0n) is 11.6. The van der Waals surface area contributed by atoms with Crippen LogP contribution in [0.5, 0.6) is 0 Å². The molecule has 0 N–H and O–H groups in total. The van der Waals surface area contributed by atoms with Crippen molar-refractivity contribution in [1.29, 1.82) is 0 Å². The Morgan fingerprint density at radius 3 is 1.36 bits per heavy atom. The Bertz CT molecular complexity index is 731. The van der Waals surface area contributed by atoms with Gasteiger partial charge in [-0.3, -0.25) is 9.59 Å². The highest BCUT2D eigenvalue weighted by Gasteiger charge is 2.85. The number of fused-ring (bicyclic) bond motifs is 2. The Labute approximate surface area is 126 Å². The molecule has 4 unspecified atom stereocenters. The second-order valence-electron chi connectivity index (χ2n) is 5.93. The van der Waals surface area contributed by atoms with Crippen molar-refractivity contribution in [3.63, 3.8) is 0 Å². The molecule has 2 aromatic rings. The fourth-order valence-corrected chi connectivity index (χ4v) is 3.64. The molecule has 1 saturated carbocycles. The maximum Gasteiger partial charge on any atom is 0.204 e. The monoisotopic (exact) mass is 292 g/mol. The topological polar surface area (TPSA) is 59.2 Å². The summed E-state index contributed by atoms with van der Waals surface area (Å²) in [5, 5.41) is 0. The van der Waals surface area contributed by atoms with Gasteiger partial charge in [0.1, 0.15) is 0 Å². The average molecular weight is 292 g/mol. The van der Waals surface area contributed by atoms with Crippen LogP contribution >= 0.6 is 0 Å². The third-order valence-electron chi connectivity index (χ3n) is 4.85. The number of epoxide rings is 2. The summed E-state index contributed by atoms with van der Waals surface area (Å²) in [4.78, 5) is 25.7. The number of hydrogen-bond acceptors (Lipinski definition) is 4. The number of benzene rings is 2. The fourth-order valence-electron chi connectivity index (χ4n) is 3.64. The second kappa shape index (κ2) is 3.72. The van der Waals surface area contributed by atoms with Crippen LogP contribution in [-0.4, -0.2) is 23.8 Å². The van der Waals surface area contributed by atoms with Gasteiger partial charge in [0.2, 0.25) is 11.6 Å². The van der Waals surface area contributed by atoms with E-state index in [1.807, 2.05) is 60.7 Å². The predicted molar refractivity (Wildman–Crippen MR) is 76.0 cm³/mol. The lowest BCUT2D eigenvalue weighted by Crippen LogP contribution is -2.44. The van der Waals surface area contributed by atoms with Gasteiger partial charge in [-0.2, -0.15) is 0 Å². The standard InChI is InChI=1S/C18H12O4/c19-13-16-18(22-16,12-9-5-2-6-10-12)14(20)15-17(13,21-15)11-7-3-1-4-8-11/h1-10,15-16H. The first-order valence-corrected chi connectivity index (χ1v) is 7.26. The van der Waals surface area contributed by atoms with E-state index in [0.717, 1.165) is 11.1 Å². The molecule has 1 aliphatic carbocycles. The second-order valence-corrected chi connectivity index (χ2v) is 5.93. The number of carbonyl (C=O) groups excluding carboxylic acids is 2. The summed E-state index contributed by atoms with van der Waals surface area (Å²) in [6, 6.07) is 18.4. The minimum atomic E-state index is -1.13. The van der Waals surface area contributed by atoms with Crippen LogP contribution in [0.1, 0.15) is 11.1 Å². The van der Waals surface area contributed by atoms with Gasteiger partial charge in [-0.15, -0.1) is 0 Å². The van der Waals surface area contributed by atoms with Crippen LogP contribution in [0.15, 0.2) is 60.7 Å². The van der Waals surface area contributed by atoms with Crippen molar-refractivity contribution in [2.24, 2.45) is 0 Å². The van der Waals surface area contributed by atoms with Crippen LogP contribution in [0, 0.1) is 0 Å². The molecule has 2 aromatic carbocycles. The zero-order valence-corrected chi connectivity index (χ0v) is 11.6. The van der Waals surface area contributed by atoms with Crippen LogP contribution in [0.4, 0.5) is 0 Å². The Morgan fingerprint density at radius 1 is 0.636 bits per heavy atom. The molecule has 2 heterocycles. The average Bonchev–Trinajstić information content (AvgIpc) is 3.47. The smallest absolute Gasteiger partial charge is 0.204 e. The molecule has 3 aliphatic rings. The Balaban J connectivity index is 1.60. The molecular formula is C18H12O4. The van der Waals surface area contributed by atoms with Crippen LogP contribution in [0.25, 0.3) is 0 Å². The van der Waals surface area contributed by atoms with Crippen molar-refractivity contribution in [3.05, 3.63) is 71.8 Å². The van der Waals surface area contributed by atoms with Crippen LogP contribution in [0.3, 0.4) is 0 Å². The molecule has 22 heavy (non-hydrogen) atoms. The minimum Gasteiger partial charge on any atom is -0.344 e. The number of ether oxygens (including phenoxy) is 2. The van der Waals surface area contributed by atoms with E-state index < -0.39 is 23.4 Å². The van der Waals surface area contributed by atoms with Gasteiger partial charge in [0.15, 0.2) is 23.4 Å². The van der Waals surface area contributed by atoms with E-state index in [1.165, 1.54) is 0 Å². The van der Waals surface area contributed by atoms with Gasteiger partial charge in [-0.05, 0) is 11.1 Å². The third-order valence-corrected chi connectivity index (χ3v) is 4.85. The first-order chi connectivity index (χ1) is 10.7. The molecule has 4 nitrogen and oxygen atoms in total. The molecule has 4 atom stereocenters. The summed E-state index contributed by atoms with van der Waals surface area (Å²) in [5.74, 6) is -0.292. The van der Waals surface area contributed by atoms with E-state index in [4.69, 9.17) is 9.47 Å². The predicted octanol–water partition coefficient (Wildman–Crippen LogP) is 1.73. The van der Waals surface area contributed by atoms with E-state index in [-0.39, 0.29) is 11.6 Å². The van der Waals surface area contributed by atoms with Gasteiger partial charge in [0.05, 0.1) is 0 Å². The van der Waals surface area contributed by atoms with Crippen LogP contribution in [-0.2, 0) is 30.3 Å². The Hall–Kier alpha value is -2.30. The summed E-state index contributed by atoms with van der Waals surface area (Å²) in [6.45, 7) is 0. The maximum absolute atomic E-state index is 12.9. The number of carbonyl (C=O) groups is 2. The first kappa shape index (κ1) is 12.3. The van der Waals surface area contributed by atoms with Crippen molar-refractivity contribution < 1.29 is 19.1 Å². The SMILES string of the molecule is O=C1C2OC2(c2ccccc2)C(=O)C2OC12c1ccccc1. The molecule has 0 spiro atoms. The van der Waals surface area contributed by atoms with E-state index in [0.29, 0.717) is 0 Å². The molecule has 2 aliphatic heterocycles. The molecule has 3 fully saturated rings. The van der Waals surface area contributed by atoms with Crippen molar-refractivity contribution in [2.45, 2.75) is 23.4 Å². The molecule has 2 saturated heterocycles. The molecule has 4 heteroatoms. The van der Waals surface area contributed by atoms with Gasteiger partial charge in [0, 0.05) is 0 Å². The van der Waals surface area contributed by atoms with Gasteiger partial charge in [-0.1, -0.05) is 60.7 Å². The highest BCUT2D eigenvalue weighted by atomic mass is 16.7. The molecule has 0 aromatic heterocycles. The minimum absolute atomic E-state index is 0.146. The van der Waals surface area contributed by atoms with Gasteiger partial charge in [0.25, 0.3) is 0 Å². The molecule has 108 valence electrons. The van der Waals surface area contributed by atoms with Crippen LogP contribution < -0.4 is 0 Å². The summed E-state index contributed by atoms with van der Waals surface area (Å²) >= 11 is 0. The lowest BCUT2D eigenvalue weighted by molar-refractivity contribution is -0.129. The molecular weight excluding hydrogens is 280 g/mol. The van der Waals surface area contributed by atoms with Gasteiger partial charge < -0.3 is 9.47 Å². The van der Waals surface area contributed by atoms with Crippen molar-refractivity contribution in [3.8, 4) is 0 Å². The number of Topliss-reactive ketones (excluding diaryl/α,β-unsaturated/α-hetero) is 2. The summed E-state index contributed by atoms with van der Waals surface area (Å²) in [6.07, 6.45) is -1.47. The number of hydrogen-bond donors (Lipinski definition) is 0. The summed E-state index contributed by atoms with van der Waals surface area (Å²) in [7, 11) is 0. The summed E-state index contributed by atoms with van der Waals surface area (Å²) in [5.41, 5.74) is -0.790. The maximum atomic E-state index is 12.9. The van der Waals surface area contributed by atoms with E-state index in [1.54, 1.807) is 0 Å². The van der Waals surface area contributed by atoms with E-state index in [2.05, 4.69) is 0 Å². The Morgan fingerprint density at radius 2 is 1.00 bits per heavy atom. The summed E-state index contributed by atoms with van der Waals surface area (Å²) < 4.78 is 11.3. The van der Waals surface area contributed by atoms with Gasteiger partial charge >= 0.3 is 0 Å². The molecule has 0 amide bonds. The Kier molecular flexibility index (Phi) is 2.07. The van der Waals surface area contributed by atoms with Gasteiger partial charge in [-0.25, -0.2) is 0 Å². The molecule has 0 radical (unpaired) electrons. The lowest BCUT2D eigenvalue weighted by Gasteiger charge is -2.19. The highest BCUT2D eigenvalue weighted by Crippen LogP contribution is 2.63. The van der Waals surface area contributed by atoms with Crippen LogP contribution in [0.2, 0.25) is 0 Å². The third kappa shape index (κ3) is 1.22. The first-order valence-electron chi connectivity index (χ1n) is 7.26. The van der Waals surface area contributed by atoms with E-state index >= 15 is 0 Å². The fraction of sp³-hybridized carbons (Fsp3) is 0.222. The van der Waals surface area contributed by atoms with Crippen molar-refractivity contribution >= 4 is 11.6 Å². The normalized spacial score (nSPS) is 38.2. The van der Waals surface area contributed by atoms with Crippen molar-refractivity contribution in [1.82, 2.24) is 0 Å². The largest absolute Gasteiger partial charge is 0.344 e. The highest BCUT2D eigenvalue weighted by molar-refractivity contribution is 6.17. The van der Waals surface area contributed by atoms with Crippen molar-refractivity contribution in [2.75, 3.05) is 0 Å². The molecule has 0 bridgehead atoms. The van der Waals surface area contributed by atoms with E-state index in [9.17, 15) is 9.59 Å². The lowest BCUT2D eigenvalue weighted by atomic mass is 9.74. The number of ketones is 2.